The number of hydrogen-bond acceptors (Lipinski definition) is 9. The van der Waals surface area contributed by atoms with Crippen LogP contribution in [0.1, 0.15) is 57.8 Å². The number of nitrogens with zero attached hydrogens (tertiary/aromatic N) is 3. The van der Waals surface area contributed by atoms with Crippen molar-refractivity contribution >= 4 is 45.2 Å². The predicted molar refractivity (Wildman–Crippen MR) is 132 cm³/mol. The number of thiophene rings is 1. The number of carbonyl (C=O) groups is 4. The first-order chi connectivity index (χ1) is 17.7. The van der Waals surface area contributed by atoms with Gasteiger partial charge >= 0.3 is 0 Å². The third-order valence-electron chi connectivity index (χ3n) is 7.40. The molecule has 3 aromatic rings. The number of carbonyl (C=O) groups excluding carboxylic acids is 4. The van der Waals surface area contributed by atoms with Gasteiger partial charge in [0.2, 0.25) is 11.8 Å². The predicted octanol–water partition coefficient (Wildman–Crippen LogP) is 0.869. The Morgan fingerprint density at radius 2 is 1.81 bits per heavy atom. The summed E-state index contributed by atoms with van der Waals surface area (Å²) < 4.78 is 0.595. The summed E-state index contributed by atoms with van der Waals surface area (Å²) in [5, 5.41) is 15.5. The number of hydrogen-bond donors (Lipinski definition) is 3. The summed E-state index contributed by atoms with van der Waals surface area (Å²) in [5.74, 6) is -1.70. The molecule has 6 rings (SSSR count). The van der Waals surface area contributed by atoms with Crippen molar-refractivity contribution in [3.63, 3.8) is 0 Å². The number of fused-ring (bicyclic) bond motifs is 2. The van der Waals surface area contributed by atoms with Crippen molar-refractivity contribution in [2.45, 2.75) is 43.9 Å². The van der Waals surface area contributed by atoms with E-state index in [1.165, 1.54) is 17.4 Å². The Bertz CT molecular complexity index is 1540. The van der Waals surface area contributed by atoms with Crippen LogP contribution in [-0.2, 0) is 21.7 Å². The van der Waals surface area contributed by atoms with E-state index in [0.717, 1.165) is 4.90 Å². The highest BCUT2D eigenvalue weighted by atomic mass is 32.1. The number of amides is 4. The van der Waals surface area contributed by atoms with Crippen LogP contribution in [0.2, 0.25) is 0 Å². The van der Waals surface area contributed by atoms with E-state index in [1.54, 1.807) is 12.1 Å². The average Bonchev–Trinajstić information content (AvgIpc) is 3.44. The maximum Gasteiger partial charge on any atom is 0.268 e. The Hall–Kier alpha value is -3.74. The SMILES string of the molecule is O=C1CCC(N2C(=O)c3ccc(C4(O)CCN(Cc5nc6ccsc6c(=O)[nH]5)CC4)cc3C2=O)C(=O)N1. The number of rotatable bonds is 4. The molecule has 0 spiro atoms. The van der Waals surface area contributed by atoms with E-state index < -0.39 is 35.3 Å². The van der Waals surface area contributed by atoms with E-state index in [-0.39, 0.29) is 29.5 Å². The molecule has 3 aliphatic rings. The molecule has 37 heavy (non-hydrogen) atoms. The lowest BCUT2D eigenvalue weighted by Crippen LogP contribution is -2.54. The molecule has 1 unspecified atom stereocenters. The number of H-pyrrole nitrogens is 1. The molecular formula is C25H23N5O6S. The molecule has 2 aromatic heterocycles. The lowest BCUT2D eigenvalue weighted by molar-refractivity contribution is -0.136. The summed E-state index contributed by atoms with van der Waals surface area (Å²) in [5.41, 5.74) is 0.165. The zero-order valence-electron chi connectivity index (χ0n) is 19.7. The third kappa shape index (κ3) is 3.97. The summed E-state index contributed by atoms with van der Waals surface area (Å²) >= 11 is 1.35. The molecule has 1 aromatic carbocycles. The molecule has 2 saturated heterocycles. The molecule has 3 aliphatic heterocycles. The molecule has 3 N–H and O–H groups in total. The minimum Gasteiger partial charge on any atom is -0.385 e. The van der Waals surface area contributed by atoms with Gasteiger partial charge in [-0.2, -0.15) is 0 Å². The normalized spacial score (nSPS) is 22.0. The maximum absolute atomic E-state index is 13.1. The molecule has 11 nitrogen and oxygen atoms in total. The van der Waals surface area contributed by atoms with E-state index in [0.29, 0.717) is 54.1 Å². The second-order valence-electron chi connectivity index (χ2n) is 9.66. The first kappa shape index (κ1) is 23.6. The molecule has 12 heteroatoms. The molecule has 190 valence electrons. The van der Waals surface area contributed by atoms with E-state index in [4.69, 9.17) is 0 Å². The van der Waals surface area contributed by atoms with E-state index in [2.05, 4.69) is 20.2 Å². The van der Waals surface area contributed by atoms with Gasteiger partial charge in [0.15, 0.2) is 0 Å². The summed E-state index contributed by atoms with van der Waals surface area (Å²) in [7, 11) is 0. The van der Waals surface area contributed by atoms with Gasteiger partial charge in [-0.05, 0) is 48.4 Å². The fourth-order valence-corrected chi connectivity index (χ4v) is 6.06. The number of benzene rings is 1. The van der Waals surface area contributed by atoms with E-state index >= 15 is 0 Å². The Morgan fingerprint density at radius 1 is 1.05 bits per heavy atom. The largest absolute Gasteiger partial charge is 0.385 e. The van der Waals surface area contributed by atoms with Crippen LogP contribution < -0.4 is 10.9 Å². The smallest absolute Gasteiger partial charge is 0.268 e. The van der Waals surface area contributed by atoms with Gasteiger partial charge in [-0.1, -0.05) is 6.07 Å². The second-order valence-corrected chi connectivity index (χ2v) is 10.6. The molecule has 0 bridgehead atoms. The summed E-state index contributed by atoms with van der Waals surface area (Å²) in [6, 6.07) is 5.49. The molecule has 1 atom stereocenters. The Kier molecular flexibility index (Phi) is 5.55. The van der Waals surface area contributed by atoms with Crippen molar-refractivity contribution in [1.29, 1.82) is 0 Å². The molecule has 4 amide bonds. The summed E-state index contributed by atoms with van der Waals surface area (Å²) in [6.45, 7) is 1.51. The van der Waals surface area contributed by atoms with E-state index in [9.17, 15) is 29.1 Å². The first-order valence-corrected chi connectivity index (χ1v) is 12.9. The van der Waals surface area contributed by atoms with Gasteiger partial charge in [-0.25, -0.2) is 4.98 Å². The minimum absolute atomic E-state index is 0.0514. The standard InChI is InChI=1S/C25H23N5O6S/c31-19-4-3-17(21(32)28-19)30-23(34)14-2-1-13(11-15(14)24(30)35)25(36)6-8-29(9-7-25)12-18-26-16-5-10-37-20(16)22(33)27-18/h1-2,5,10-11,17,36H,3-4,6-9,12H2,(H,26,27,33)(H,28,31,32). The number of aromatic amines is 1. The lowest BCUT2D eigenvalue weighted by atomic mass is 9.83. The lowest BCUT2D eigenvalue weighted by Gasteiger charge is -2.38. The van der Waals surface area contributed by atoms with Crippen LogP contribution >= 0.6 is 11.3 Å². The van der Waals surface area contributed by atoms with Crippen LogP contribution in [0.3, 0.4) is 0 Å². The van der Waals surface area contributed by atoms with Crippen LogP contribution in [0.4, 0.5) is 0 Å². The molecule has 0 radical (unpaired) electrons. The van der Waals surface area contributed by atoms with Crippen molar-refractivity contribution in [1.82, 2.24) is 25.1 Å². The zero-order valence-corrected chi connectivity index (χ0v) is 20.5. The van der Waals surface area contributed by atoms with Crippen molar-refractivity contribution in [3.8, 4) is 0 Å². The molecular weight excluding hydrogens is 498 g/mol. The van der Waals surface area contributed by atoms with Gasteiger partial charge in [0.1, 0.15) is 16.6 Å². The van der Waals surface area contributed by atoms with Gasteiger partial charge in [0.05, 0.1) is 28.8 Å². The van der Waals surface area contributed by atoms with Gasteiger partial charge in [-0.15, -0.1) is 11.3 Å². The molecule has 2 fully saturated rings. The third-order valence-corrected chi connectivity index (χ3v) is 8.30. The van der Waals surface area contributed by atoms with Gasteiger partial charge < -0.3 is 10.1 Å². The van der Waals surface area contributed by atoms with Gasteiger partial charge in [0.25, 0.3) is 17.4 Å². The molecule has 0 saturated carbocycles. The van der Waals surface area contributed by atoms with Crippen LogP contribution in [0, 0.1) is 0 Å². The van der Waals surface area contributed by atoms with Crippen molar-refractivity contribution in [3.05, 3.63) is 62.5 Å². The average molecular weight is 522 g/mol. The Balaban J connectivity index is 1.17. The number of imide groups is 2. The fraction of sp³-hybridized carbons (Fsp3) is 0.360. The van der Waals surface area contributed by atoms with E-state index in [1.807, 2.05) is 11.4 Å². The number of aromatic nitrogens is 2. The highest BCUT2D eigenvalue weighted by Crippen LogP contribution is 2.36. The maximum atomic E-state index is 13.1. The quantitative estimate of drug-likeness (QED) is 0.428. The summed E-state index contributed by atoms with van der Waals surface area (Å²) in [6.07, 6.45) is 0.906. The number of piperidine rings is 2. The van der Waals surface area contributed by atoms with Crippen LogP contribution in [0.15, 0.2) is 34.4 Å². The number of nitrogens with one attached hydrogen (secondary N) is 2. The fourth-order valence-electron chi connectivity index (χ4n) is 5.34. The van der Waals surface area contributed by atoms with Crippen molar-refractivity contribution < 1.29 is 24.3 Å². The first-order valence-electron chi connectivity index (χ1n) is 12.0. The monoisotopic (exact) mass is 521 g/mol. The zero-order chi connectivity index (χ0) is 25.9. The minimum atomic E-state index is -1.20. The number of likely N-dealkylation sites (tertiary alicyclic amines) is 1. The Morgan fingerprint density at radius 3 is 2.57 bits per heavy atom. The topological polar surface area (TPSA) is 153 Å². The Labute approximate surface area is 214 Å². The number of aliphatic hydroxyl groups is 1. The molecule has 0 aliphatic carbocycles. The van der Waals surface area contributed by atoms with Crippen LogP contribution in [0.5, 0.6) is 0 Å². The van der Waals surface area contributed by atoms with Gasteiger partial charge in [-0.3, -0.25) is 39.1 Å². The van der Waals surface area contributed by atoms with Crippen LogP contribution in [-0.4, -0.2) is 67.6 Å². The molecule has 5 heterocycles. The van der Waals surface area contributed by atoms with Crippen LogP contribution in [0.25, 0.3) is 10.2 Å². The summed E-state index contributed by atoms with van der Waals surface area (Å²) in [4.78, 5) is 72.5. The van der Waals surface area contributed by atoms with Crippen molar-refractivity contribution in [2.75, 3.05) is 13.1 Å². The second kappa shape index (κ2) is 8.68. The van der Waals surface area contributed by atoms with Gasteiger partial charge in [0, 0.05) is 19.5 Å². The van der Waals surface area contributed by atoms with Crippen molar-refractivity contribution in [2.24, 2.45) is 0 Å². The highest BCUT2D eigenvalue weighted by molar-refractivity contribution is 7.17. The highest BCUT2D eigenvalue weighted by Gasteiger charge is 2.45.